The first-order valence-electron chi connectivity index (χ1n) is 7.44. The first-order chi connectivity index (χ1) is 9.01. The van der Waals surface area contributed by atoms with E-state index in [9.17, 15) is 8.42 Å². The molecule has 1 aliphatic rings. The second kappa shape index (κ2) is 8.19. The summed E-state index contributed by atoms with van der Waals surface area (Å²) in [4.78, 5) is 2.35. The zero-order valence-electron chi connectivity index (χ0n) is 12.5. The van der Waals surface area contributed by atoms with E-state index in [1.807, 2.05) is 0 Å². The van der Waals surface area contributed by atoms with Crippen LogP contribution in [0, 0.1) is 0 Å². The van der Waals surface area contributed by atoms with E-state index in [0.29, 0.717) is 19.1 Å². The van der Waals surface area contributed by atoms with Crippen LogP contribution in [0.3, 0.4) is 0 Å². The molecule has 5 nitrogen and oxygen atoms in total. The number of hydrogen-bond donors (Lipinski definition) is 2. The average molecular weight is 291 g/mol. The van der Waals surface area contributed by atoms with Gasteiger partial charge in [-0.1, -0.05) is 13.8 Å². The molecule has 0 aromatic carbocycles. The van der Waals surface area contributed by atoms with Crippen LogP contribution in [0.2, 0.25) is 0 Å². The third-order valence-corrected chi connectivity index (χ3v) is 5.39. The van der Waals surface area contributed by atoms with E-state index in [-0.39, 0.29) is 5.25 Å². The Bertz CT molecular complexity index is 342. The molecule has 0 heterocycles. The third kappa shape index (κ3) is 6.21. The molecule has 1 aliphatic carbocycles. The summed E-state index contributed by atoms with van der Waals surface area (Å²) in [5.74, 6) is 0. The maximum Gasteiger partial charge on any atom is 0.215 e. The minimum atomic E-state index is -3.19. The van der Waals surface area contributed by atoms with Crippen LogP contribution in [-0.4, -0.2) is 57.3 Å². The lowest BCUT2D eigenvalue weighted by Gasteiger charge is -2.21. The lowest BCUT2D eigenvalue weighted by molar-refractivity contribution is 0.282. The predicted molar refractivity (Wildman–Crippen MR) is 79.8 cm³/mol. The van der Waals surface area contributed by atoms with Gasteiger partial charge < -0.3 is 5.32 Å². The summed E-state index contributed by atoms with van der Waals surface area (Å²) in [5.41, 5.74) is 0. The zero-order valence-corrected chi connectivity index (χ0v) is 13.3. The van der Waals surface area contributed by atoms with Gasteiger partial charge in [-0.25, -0.2) is 13.1 Å². The fourth-order valence-electron chi connectivity index (χ4n) is 2.10. The van der Waals surface area contributed by atoms with Crippen molar-refractivity contribution in [2.45, 2.75) is 51.3 Å². The minimum Gasteiger partial charge on any atom is -0.315 e. The van der Waals surface area contributed by atoms with Gasteiger partial charge in [-0.15, -0.1) is 0 Å². The molecular weight excluding hydrogens is 262 g/mol. The molecule has 1 rings (SSSR count). The Morgan fingerprint density at radius 1 is 1.26 bits per heavy atom. The number of hydrogen-bond acceptors (Lipinski definition) is 4. The summed E-state index contributed by atoms with van der Waals surface area (Å²) in [6.45, 7) is 9.67. The molecule has 6 heteroatoms. The highest BCUT2D eigenvalue weighted by Gasteiger charge is 2.28. The van der Waals surface area contributed by atoms with Crippen molar-refractivity contribution in [1.82, 2.24) is 14.9 Å². The molecule has 0 radical (unpaired) electrons. The van der Waals surface area contributed by atoms with Crippen molar-refractivity contribution >= 4 is 10.0 Å². The van der Waals surface area contributed by atoms with Gasteiger partial charge >= 0.3 is 0 Å². The van der Waals surface area contributed by atoms with Crippen LogP contribution in [0.5, 0.6) is 0 Å². The standard InChI is InChI=1S/C13H29N3O2S/c1-4-8-14-11-12(3)19(17,18)15-9-10-16(5-2)13-6-7-13/h12-15H,4-11H2,1-3H3. The van der Waals surface area contributed by atoms with E-state index in [1.54, 1.807) is 6.92 Å². The normalized spacial score (nSPS) is 17.9. The van der Waals surface area contributed by atoms with Crippen molar-refractivity contribution in [2.75, 3.05) is 32.7 Å². The van der Waals surface area contributed by atoms with Crippen molar-refractivity contribution in [3.63, 3.8) is 0 Å². The van der Waals surface area contributed by atoms with E-state index < -0.39 is 10.0 Å². The molecule has 1 fully saturated rings. The molecule has 0 aromatic heterocycles. The van der Waals surface area contributed by atoms with Crippen LogP contribution >= 0.6 is 0 Å². The molecule has 1 saturated carbocycles. The quantitative estimate of drug-likeness (QED) is 0.552. The first kappa shape index (κ1) is 16.9. The van der Waals surface area contributed by atoms with Crippen molar-refractivity contribution in [2.24, 2.45) is 0 Å². The monoisotopic (exact) mass is 291 g/mol. The highest BCUT2D eigenvalue weighted by molar-refractivity contribution is 7.90. The zero-order chi connectivity index (χ0) is 14.3. The van der Waals surface area contributed by atoms with Gasteiger partial charge in [0.05, 0.1) is 5.25 Å². The van der Waals surface area contributed by atoms with Crippen molar-refractivity contribution in [1.29, 1.82) is 0 Å². The predicted octanol–water partition coefficient (Wildman–Crippen LogP) is 0.778. The lowest BCUT2D eigenvalue weighted by Crippen LogP contribution is -2.42. The van der Waals surface area contributed by atoms with Gasteiger partial charge in [0, 0.05) is 25.7 Å². The van der Waals surface area contributed by atoms with Crippen LogP contribution in [0.15, 0.2) is 0 Å². The van der Waals surface area contributed by atoms with Crippen LogP contribution < -0.4 is 10.0 Å². The topological polar surface area (TPSA) is 61.4 Å². The first-order valence-corrected chi connectivity index (χ1v) is 8.99. The number of nitrogens with one attached hydrogen (secondary N) is 2. The fourth-order valence-corrected chi connectivity index (χ4v) is 3.10. The number of rotatable bonds is 11. The molecule has 0 bridgehead atoms. The van der Waals surface area contributed by atoms with Gasteiger partial charge in [0.15, 0.2) is 0 Å². The molecule has 19 heavy (non-hydrogen) atoms. The van der Waals surface area contributed by atoms with Crippen molar-refractivity contribution in [3.8, 4) is 0 Å². The lowest BCUT2D eigenvalue weighted by atomic mass is 10.4. The van der Waals surface area contributed by atoms with Crippen LogP contribution in [-0.2, 0) is 10.0 Å². The molecular formula is C13H29N3O2S. The highest BCUT2D eigenvalue weighted by atomic mass is 32.2. The highest BCUT2D eigenvalue weighted by Crippen LogP contribution is 2.25. The van der Waals surface area contributed by atoms with Gasteiger partial charge in [-0.05, 0) is 39.3 Å². The summed E-state index contributed by atoms with van der Waals surface area (Å²) in [7, 11) is -3.19. The Hall–Kier alpha value is -0.170. The summed E-state index contributed by atoms with van der Waals surface area (Å²) in [5, 5.41) is 2.77. The van der Waals surface area contributed by atoms with E-state index in [1.165, 1.54) is 12.8 Å². The Labute approximate surface area is 118 Å². The average Bonchev–Trinajstić information content (AvgIpc) is 3.19. The molecule has 1 unspecified atom stereocenters. The van der Waals surface area contributed by atoms with E-state index in [4.69, 9.17) is 0 Å². The van der Waals surface area contributed by atoms with E-state index >= 15 is 0 Å². The van der Waals surface area contributed by atoms with Crippen LogP contribution in [0.1, 0.15) is 40.0 Å². The van der Waals surface area contributed by atoms with Crippen molar-refractivity contribution in [3.05, 3.63) is 0 Å². The molecule has 0 amide bonds. The van der Waals surface area contributed by atoms with Gasteiger partial charge in [0.25, 0.3) is 0 Å². The minimum absolute atomic E-state index is 0.380. The van der Waals surface area contributed by atoms with Gasteiger partial charge in [-0.2, -0.15) is 0 Å². The Morgan fingerprint density at radius 2 is 1.95 bits per heavy atom. The number of nitrogens with zero attached hydrogens (tertiary/aromatic N) is 1. The van der Waals surface area contributed by atoms with Crippen LogP contribution in [0.4, 0.5) is 0 Å². The SMILES string of the molecule is CCCNCC(C)S(=O)(=O)NCCN(CC)C1CC1. The number of likely N-dealkylation sites (N-methyl/N-ethyl adjacent to an activating group) is 1. The van der Waals surface area contributed by atoms with Gasteiger partial charge in [0.1, 0.15) is 0 Å². The second-order valence-electron chi connectivity index (χ2n) is 5.31. The number of sulfonamides is 1. The maximum atomic E-state index is 12.0. The molecule has 0 spiro atoms. The maximum absolute atomic E-state index is 12.0. The third-order valence-electron chi connectivity index (χ3n) is 3.56. The largest absolute Gasteiger partial charge is 0.315 e. The fraction of sp³-hybridized carbons (Fsp3) is 1.00. The molecule has 0 aliphatic heterocycles. The summed E-state index contributed by atoms with van der Waals surface area (Å²) in [6, 6.07) is 0.693. The summed E-state index contributed by atoms with van der Waals surface area (Å²) < 4.78 is 26.7. The molecule has 1 atom stereocenters. The Kier molecular flexibility index (Phi) is 7.28. The Morgan fingerprint density at radius 3 is 2.47 bits per heavy atom. The van der Waals surface area contributed by atoms with Gasteiger partial charge in [0.2, 0.25) is 10.0 Å². The smallest absolute Gasteiger partial charge is 0.215 e. The van der Waals surface area contributed by atoms with Crippen LogP contribution in [0.25, 0.3) is 0 Å². The van der Waals surface area contributed by atoms with Crippen molar-refractivity contribution < 1.29 is 8.42 Å². The summed E-state index contributed by atoms with van der Waals surface area (Å²) in [6.07, 6.45) is 3.54. The molecule has 0 aromatic rings. The molecule has 0 saturated heterocycles. The van der Waals surface area contributed by atoms with Gasteiger partial charge in [-0.3, -0.25) is 4.90 Å². The molecule has 114 valence electrons. The second-order valence-corrected chi connectivity index (χ2v) is 7.50. The summed E-state index contributed by atoms with van der Waals surface area (Å²) >= 11 is 0. The molecule has 2 N–H and O–H groups in total. The van der Waals surface area contributed by atoms with E-state index in [0.717, 1.165) is 26.1 Å². The van der Waals surface area contributed by atoms with E-state index in [2.05, 4.69) is 28.8 Å². The Balaban J connectivity index is 2.24.